The maximum Gasteiger partial charge on any atom is -0.00883 e. The van der Waals surface area contributed by atoms with Crippen LogP contribution in [0, 0.1) is 0 Å². The Morgan fingerprint density at radius 3 is 1.84 bits per heavy atom. The molecule has 0 amide bonds. The van der Waals surface area contributed by atoms with Gasteiger partial charge in [-0.25, -0.2) is 0 Å². The smallest absolute Gasteiger partial charge is 0.00883 e. The van der Waals surface area contributed by atoms with Crippen molar-refractivity contribution in [3.05, 3.63) is 71.8 Å². The predicted octanol–water partition coefficient (Wildman–Crippen LogP) is 5.04. The van der Waals surface area contributed by atoms with Crippen molar-refractivity contribution in [3.63, 3.8) is 0 Å². The fourth-order valence-electron chi connectivity index (χ4n) is 3.35. The lowest BCUT2D eigenvalue weighted by Crippen LogP contribution is -1.95. The van der Waals surface area contributed by atoms with Crippen molar-refractivity contribution >= 4 is 21.5 Å². The van der Waals surface area contributed by atoms with E-state index in [0.29, 0.717) is 0 Å². The Balaban J connectivity index is 2.25. The van der Waals surface area contributed by atoms with Gasteiger partial charge in [-0.15, -0.1) is 0 Å². The molecule has 0 aromatic heterocycles. The van der Waals surface area contributed by atoms with E-state index >= 15 is 0 Å². The molecule has 3 aromatic carbocycles. The van der Waals surface area contributed by atoms with E-state index in [9.17, 15) is 0 Å². The highest BCUT2D eigenvalue weighted by atomic mass is 14.2. The molecule has 0 N–H and O–H groups in total. The molecule has 0 heterocycles. The summed E-state index contributed by atoms with van der Waals surface area (Å²) in [4.78, 5) is 0. The van der Waals surface area contributed by atoms with Gasteiger partial charge in [0.1, 0.15) is 0 Å². The van der Waals surface area contributed by atoms with Crippen LogP contribution in [0.3, 0.4) is 0 Å². The SMILES string of the molecule is C1=CCc2c(c3ccccc3c3ccccc23)CC1. The standard InChI is InChI=1S/C19H16/c1-2-8-14-15(9-3-1)17-11-5-7-13-19(17)18-12-6-4-10-16(14)18/h1-2,4-7,10-13H,3,8-9H2. The molecule has 0 bridgehead atoms. The van der Waals surface area contributed by atoms with Crippen LogP contribution >= 0.6 is 0 Å². The lowest BCUT2D eigenvalue weighted by Gasteiger charge is -2.15. The third-order valence-electron chi connectivity index (χ3n) is 4.21. The molecule has 1 aliphatic carbocycles. The summed E-state index contributed by atoms with van der Waals surface area (Å²) in [6, 6.07) is 17.7. The van der Waals surface area contributed by atoms with Gasteiger partial charge >= 0.3 is 0 Å². The minimum Gasteiger partial charge on any atom is -0.0879 e. The summed E-state index contributed by atoms with van der Waals surface area (Å²) in [5, 5.41) is 5.67. The van der Waals surface area contributed by atoms with Crippen molar-refractivity contribution in [2.75, 3.05) is 0 Å². The van der Waals surface area contributed by atoms with E-state index in [2.05, 4.69) is 60.7 Å². The lowest BCUT2D eigenvalue weighted by atomic mass is 9.89. The molecule has 0 saturated heterocycles. The van der Waals surface area contributed by atoms with E-state index in [1.54, 1.807) is 5.56 Å². The second-order valence-corrected chi connectivity index (χ2v) is 5.26. The first-order valence-corrected chi connectivity index (χ1v) is 7.01. The van der Waals surface area contributed by atoms with Crippen molar-refractivity contribution < 1.29 is 0 Å². The minimum absolute atomic E-state index is 1.07. The predicted molar refractivity (Wildman–Crippen MR) is 82.6 cm³/mol. The fraction of sp³-hybridized carbons (Fsp3) is 0.158. The second-order valence-electron chi connectivity index (χ2n) is 5.26. The molecule has 0 nitrogen and oxygen atoms in total. The van der Waals surface area contributed by atoms with Gasteiger partial charge in [-0.05, 0) is 51.9 Å². The summed E-state index contributed by atoms with van der Waals surface area (Å²) >= 11 is 0. The molecular weight excluding hydrogens is 228 g/mol. The molecule has 19 heavy (non-hydrogen) atoms. The van der Waals surface area contributed by atoms with E-state index in [4.69, 9.17) is 0 Å². The van der Waals surface area contributed by atoms with Crippen LogP contribution in [-0.2, 0) is 12.8 Å². The summed E-state index contributed by atoms with van der Waals surface area (Å²) in [6.07, 6.45) is 8.05. The average molecular weight is 244 g/mol. The zero-order valence-corrected chi connectivity index (χ0v) is 10.9. The monoisotopic (exact) mass is 244 g/mol. The third-order valence-corrected chi connectivity index (χ3v) is 4.21. The van der Waals surface area contributed by atoms with E-state index in [0.717, 1.165) is 19.3 Å². The van der Waals surface area contributed by atoms with Gasteiger partial charge in [-0.2, -0.15) is 0 Å². The van der Waals surface area contributed by atoms with E-state index < -0.39 is 0 Å². The molecule has 92 valence electrons. The zero-order chi connectivity index (χ0) is 12.7. The maximum atomic E-state index is 2.33. The van der Waals surface area contributed by atoms with Crippen LogP contribution in [0.5, 0.6) is 0 Å². The van der Waals surface area contributed by atoms with Crippen LogP contribution in [-0.4, -0.2) is 0 Å². The normalized spacial score (nSPS) is 14.5. The van der Waals surface area contributed by atoms with Crippen molar-refractivity contribution in [3.8, 4) is 0 Å². The van der Waals surface area contributed by atoms with Crippen molar-refractivity contribution in [2.24, 2.45) is 0 Å². The molecule has 3 aromatic rings. The summed E-state index contributed by atoms with van der Waals surface area (Å²) in [7, 11) is 0. The van der Waals surface area contributed by atoms with Gasteiger partial charge in [-0.3, -0.25) is 0 Å². The van der Waals surface area contributed by atoms with Crippen molar-refractivity contribution in [1.82, 2.24) is 0 Å². The van der Waals surface area contributed by atoms with Gasteiger partial charge in [0, 0.05) is 0 Å². The summed E-state index contributed by atoms with van der Waals surface area (Å²) in [6.45, 7) is 0. The van der Waals surface area contributed by atoms with Crippen LogP contribution in [0.1, 0.15) is 17.5 Å². The number of aryl methyl sites for hydroxylation is 1. The number of benzene rings is 3. The molecule has 0 unspecified atom stereocenters. The zero-order valence-electron chi connectivity index (χ0n) is 10.9. The summed E-state index contributed by atoms with van der Waals surface area (Å²) in [5.41, 5.74) is 3.09. The first-order chi connectivity index (χ1) is 9.45. The molecule has 0 spiro atoms. The molecule has 0 heteroatoms. The van der Waals surface area contributed by atoms with E-state index in [1.165, 1.54) is 27.1 Å². The molecule has 1 aliphatic rings. The van der Waals surface area contributed by atoms with Crippen molar-refractivity contribution in [1.29, 1.82) is 0 Å². The Morgan fingerprint density at radius 2 is 1.16 bits per heavy atom. The third kappa shape index (κ3) is 1.60. The van der Waals surface area contributed by atoms with Gasteiger partial charge < -0.3 is 0 Å². The van der Waals surface area contributed by atoms with E-state index in [-0.39, 0.29) is 0 Å². The number of fused-ring (bicyclic) bond motifs is 6. The Kier molecular flexibility index (Phi) is 2.41. The van der Waals surface area contributed by atoms with Gasteiger partial charge in [-0.1, -0.05) is 60.7 Å². The maximum absolute atomic E-state index is 2.33. The Hall–Kier alpha value is -2.08. The fourth-order valence-corrected chi connectivity index (χ4v) is 3.35. The van der Waals surface area contributed by atoms with Crippen LogP contribution in [0.15, 0.2) is 60.7 Å². The molecule has 0 radical (unpaired) electrons. The molecule has 4 rings (SSSR count). The quantitative estimate of drug-likeness (QED) is 0.384. The highest BCUT2D eigenvalue weighted by Gasteiger charge is 2.13. The molecule has 0 aliphatic heterocycles. The van der Waals surface area contributed by atoms with Crippen LogP contribution in [0.2, 0.25) is 0 Å². The highest BCUT2D eigenvalue weighted by Crippen LogP contribution is 2.34. The van der Waals surface area contributed by atoms with Crippen molar-refractivity contribution in [2.45, 2.75) is 19.3 Å². The van der Waals surface area contributed by atoms with Gasteiger partial charge in [0.25, 0.3) is 0 Å². The highest BCUT2D eigenvalue weighted by molar-refractivity contribution is 6.10. The Bertz CT molecular complexity index is 794. The van der Waals surface area contributed by atoms with Gasteiger partial charge in [0.15, 0.2) is 0 Å². The number of hydrogen-bond acceptors (Lipinski definition) is 0. The number of rotatable bonds is 0. The Morgan fingerprint density at radius 1 is 0.579 bits per heavy atom. The lowest BCUT2D eigenvalue weighted by molar-refractivity contribution is 1.02. The van der Waals surface area contributed by atoms with Crippen LogP contribution < -0.4 is 0 Å². The van der Waals surface area contributed by atoms with Gasteiger partial charge in [0.2, 0.25) is 0 Å². The first kappa shape index (κ1) is 10.8. The first-order valence-electron chi connectivity index (χ1n) is 7.01. The topological polar surface area (TPSA) is 0 Å². The molecular formula is C19H16. The number of hydrogen-bond donors (Lipinski definition) is 0. The molecule has 0 saturated carbocycles. The Labute approximate surface area is 113 Å². The number of allylic oxidation sites excluding steroid dienone is 2. The van der Waals surface area contributed by atoms with E-state index in [1.807, 2.05) is 0 Å². The van der Waals surface area contributed by atoms with Crippen LogP contribution in [0.25, 0.3) is 21.5 Å². The second kappa shape index (κ2) is 4.24. The summed E-state index contributed by atoms with van der Waals surface area (Å²) in [5.74, 6) is 0. The minimum atomic E-state index is 1.07. The molecule has 0 fully saturated rings. The molecule has 0 atom stereocenters. The largest absolute Gasteiger partial charge is 0.0879 e. The average Bonchev–Trinajstić information content (AvgIpc) is 2.73. The van der Waals surface area contributed by atoms with Gasteiger partial charge in [0.05, 0.1) is 0 Å². The summed E-state index contributed by atoms with van der Waals surface area (Å²) < 4.78 is 0. The van der Waals surface area contributed by atoms with Crippen LogP contribution in [0.4, 0.5) is 0 Å².